The summed E-state index contributed by atoms with van der Waals surface area (Å²) in [5.74, 6) is -2.29. The Kier molecular flexibility index (Phi) is 8.85. The van der Waals surface area contributed by atoms with Crippen LogP contribution in [0.2, 0.25) is 0 Å². The molecule has 0 radical (unpaired) electrons. The molecule has 0 heterocycles. The van der Waals surface area contributed by atoms with Crippen molar-refractivity contribution in [1.82, 2.24) is 0 Å². The third kappa shape index (κ3) is 8.18. The zero-order valence-electron chi connectivity index (χ0n) is 9.88. The largest absolute Gasteiger partial charge is 0.478 e. The Bertz CT molecular complexity index is 305. The summed E-state index contributed by atoms with van der Waals surface area (Å²) >= 11 is 0. The second-order valence-electron chi connectivity index (χ2n) is 3.26. The van der Waals surface area contributed by atoms with Crippen LogP contribution in [-0.2, 0) is 9.59 Å². The number of rotatable bonds is 5. The van der Waals surface area contributed by atoms with E-state index < -0.39 is 24.1 Å². The molecule has 0 aliphatic heterocycles. The van der Waals surface area contributed by atoms with Crippen LogP contribution in [-0.4, -0.2) is 44.6 Å². The first-order valence-electron chi connectivity index (χ1n) is 4.85. The molecule has 0 aliphatic carbocycles. The molecule has 0 aromatic heterocycles. The van der Waals surface area contributed by atoms with E-state index in [1.54, 1.807) is 6.92 Å². The van der Waals surface area contributed by atoms with Crippen LogP contribution in [0.3, 0.4) is 0 Å². The highest BCUT2D eigenvalue weighted by Gasteiger charge is 2.11. The van der Waals surface area contributed by atoms with Gasteiger partial charge in [0.05, 0.1) is 23.4 Å². The lowest BCUT2D eigenvalue weighted by Crippen LogP contribution is -2.15. The van der Waals surface area contributed by atoms with Crippen LogP contribution in [0.4, 0.5) is 0 Å². The minimum absolute atomic E-state index is 0.141. The number of aliphatic hydroxyl groups is 2. The van der Waals surface area contributed by atoms with Crippen molar-refractivity contribution in [2.45, 2.75) is 32.5 Å². The second kappa shape index (κ2) is 8.49. The third-order valence-electron chi connectivity index (χ3n) is 1.84. The molecular weight excluding hydrogens is 228 g/mol. The van der Waals surface area contributed by atoms with E-state index in [1.165, 1.54) is 6.92 Å². The molecule has 0 aromatic rings. The summed E-state index contributed by atoms with van der Waals surface area (Å²) in [7, 11) is 0. The lowest BCUT2D eigenvalue weighted by Gasteiger charge is -2.04. The minimum atomic E-state index is -1.15. The topological polar surface area (TPSA) is 115 Å². The van der Waals surface area contributed by atoms with Gasteiger partial charge in [0.1, 0.15) is 0 Å². The summed E-state index contributed by atoms with van der Waals surface area (Å²) in [4.78, 5) is 19.9. The van der Waals surface area contributed by atoms with E-state index in [4.69, 9.17) is 20.4 Å². The Morgan fingerprint density at radius 2 is 1.41 bits per heavy atom. The monoisotopic (exact) mass is 246 g/mol. The molecule has 0 bridgehead atoms. The molecule has 98 valence electrons. The van der Waals surface area contributed by atoms with Crippen molar-refractivity contribution in [3.63, 3.8) is 0 Å². The molecular formula is C11H18O6. The van der Waals surface area contributed by atoms with Gasteiger partial charge in [0.15, 0.2) is 0 Å². The van der Waals surface area contributed by atoms with Gasteiger partial charge in [-0.3, -0.25) is 0 Å². The van der Waals surface area contributed by atoms with Crippen molar-refractivity contribution >= 4 is 11.9 Å². The maximum absolute atomic E-state index is 10.0. The van der Waals surface area contributed by atoms with Crippen molar-refractivity contribution in [3.05, 3.63) is 24.3 Å². The Hall–Kier alpha value is -1.66. The molecule has 0 aromatic carbocycles. The molecule has 17 heavy (non-hydrogen) atoms. The van der Waals surface area contributed by atoms with Gasteiger partial charge < -0.3 is 20.4 Å². The Morgan fingerprint density at radius 3 is 1.47 bits per heavy atom. The van der Waals surface area contributed by atoms with Crippen molar-refractivity contribution in [1.29, 1.82) is 0 Å². The van der Waals surface area contributed by atoms with Crippen molar-refractivity contribution in [2.24, 2.45) is 0 Å². The summed E-state index contributed by atoms with van der Waals surface area (Å²) in [6.07, 6.45) is -1.46. The average Bonchev–Trinajstić information content (AvgIpc) is 2.26. The van der Waals surface area contributed by atoms with Crippen molar-refractivity contribution < 1.29 is 30.0 Å². The van der Waals surface area contributed by atoms with Crippen molar-refractivity contribution in [2.75, 3.05) is 0 Å². The van der Waals surface area contributed by atoms with Crippen LogP contribution in [0, 0.1) is 0 Å². The second-order valence-corrected chi connectivity index (χ2v) is 3.26. The molecule has 0 rings (SSSR count). The van der Waals surface area contributed by atoms with Crippen LogP contribution >= 0.6 is 0 Å². The van der Waals surface area contributed by atoms with E-state index in [9.17, 15) is 9.59 Å². The summed E-state index contributed by atoms with van der Waals surface area (Å²) in [5, 5.41) is 33.6. The standard InChI is InChI=1S/C6H10O3.C5H8O3/c1-3-5(7)4(2)6(8)9;1-3(4(2)6)5(7)8/h5,7H,2-3H2,1H3,(H,8,9);4,6H,1H2,2H3,(H,7,8). The molecule has 4 N–H and O–H groups in total. The van der Waals surface area contributed by atoms with Crippen LogP contribution in [0.15, 0.2) is 24.3 Å². The van der Waals surface area contributed by atoms with Crippen LogP contribution in [0.1, 0.15) is 20.3 Å². The fraction of sp³-hybridized carbons (Fsp3) is 0.455. The van der Waals surface area contributed by atoms with E-state index in [0.717, 1.165) is 0 Å². The van der Waals surface area contributed by atoms with Gasteiger partial charge in [-0.2, -0.15) is 0 Å². The quantitative estimate of drug-likeness (QED) is 0.522. The van der Waals surface area contributed by atoms with Crippen molar-refractivity contribution in [3.8, 4) is 0 Å². The minimum Gasteiger partial charge on any atom is -0.478 e. The highest BCUT2D eigenvalue weighted by Crippen LogP contribution is 2.02. The van der Waals surface area contributed by atoms with E-state index in [0.29, 0.717) is 6.42 Å². The number of aliphatic carboxylic acids is 2. The maximum atomic E-state index is 10.0. The Labute approximate surface area is 99.5 Å². The number of carbonyl (C=O) groups is 2. The van der Waals surface area contributed by atoms with Gasteiger partial charge >= 0.3 is 11.9 Å². The number of carboxylic acids is 2. The molecule has 0 amide bonds. The van der Waals surface area contributed by atoms with Gasteiger partial charge in [-0.15, -0.1) is 0 Å². The predicted octanol–water partition coefficient (Wildman–Crippen LogP) is 0.406. The zero-order chi connectivity index (χ0) is 14.2. The molecule has 0 spiro atoms. The van der Waals surface area contributed by atoms with E-state index >= 15 is 0 Å². The first-order valence-corrected chi connectivity index (χ1v) is 4.85. The van der Waals surface area contributed by atoms with Crippen LogP contribution in [0.5, 0.6) is 0 Å². The molecule has 6 nitrogen and oxygen atoms in total. The summed E-state index contributed by atoms with van der Waals surface area (Å²) < 4.78 is 0. The Morgan fingerprint density at radius 1 is 1.06 bits per heavy atom. The first-order chi connectivity index (χ1) is 7.64. The van der Waals surface area contributed by atoms with Gasteiger partial charge in [-0.1, -0.05) is 20.1 Å². The Balaban J connectivity index is 0. The molecule has 2 unspecified atom stereocenters. The number of carboxylic acid groups (broad SMARTS) is 2. The zero-order valence-corrected chi connectivity index (χ0v) is 9.88. The summed E-state index contributed by atoms with van der Waals surface area (Å²) in [5.41, 5.74) is -0.317. The average molecular weight is 246 g/mol. The summed E-state index contributed by atoms with van der Waals surface area (Å²) in [6, 6.07) is 0. The SMILES string of the molecule is C=C(C(=O)O)C(C)O.C=C(C(=O)O)C(O)CC. The van der Waals surface area contributed by atoms with Crippen LogP contribution < -0.4 is 0 Å². The number of hydrogen-bond donors (Lipinski definition) is 4. The molecule has 0 saturated carbocycles. The van der Waals surface area contributed by atoms with Gasteiger partial charge in [-0.25, -0.2) is 9.59 Å². The lowest BCUT2D eigenvalue weighted by molar-refractivity contribution is -0.134. The number of hydrogen-bond acceptors (Lipinski definition) is 4. The molecule has 0 aliphatic rings. The number of aliphatic hydroxyl groups excluding tert-OH is 2. The fourth-order valence-corrected chi connectivity index (χ4v) is 0.568. The highest BCUT2D eigenvalue weighted by atomic mass is 16.4. The van der Waals surface area contributed by atoms with E-state index in [-0.39, 0.29) is 11.1 Å². The van der Waals surface area contributed by atoms with Gasteiger partial charge in [0.2, 0.25) is 0 Å². The van der Waals surface area contributed by atoms with Gasteiger partial charge in [0.25, 0.3) is 0 Å². The van der Waals surface area contributed by atoms with E-state index in [1.807, 2.05) is 0 Å². The molecule has 6 heteroatoms. The molecule has 0 saturated heterocycles. The maximum Gasteiger partial charge on any atom is 0.333 e. The predicted molar refractivity (Wildman–Crippen MR) is 61.5 cm³/mol. The van der Waals surface area contributed by atoms with Gasteiger partial charge in [0, 0.05) is 0 Å². The lowest BCUT2D eigenvalue weighted by atomic mass is 10.1. The fourth-order valence-electron chi connectivity index (χ4n) is 0.568. The first kappa shape index (κ1) is 17.7. The smallest absolute Gasteiger partial charge is 0.333 e. The van der Waals surface area contributed by atoms with Crippen LogP contribution in [0.25, 0.3) is 0 Å². The third-order valence-corrected chi connectivity index (χ3v) is 1.84. The highest BCUT2D eigenvalue weighted by molar-refractivity contribution is 5.87. The normalized spacial score (nSPS) is 12.7. The van der Waals surface area contributed by atoms with Gasteiger partial charge in [-0.05, 0) is 13.3 Å². The summed E-state index contributed by atoms with van der Waals surface area (Å²) in [6.45, 7) is 9.33. The molecule has 2 atom stereocenters. The molecule has 0 fully saturated rings. The van der Waals surface area contributed by atoms with E-state index in [2.05, 4.69) is 13.2 Å².